The summed E-state index contributed by atoms with van der Waals surface area (Å²) in [5.41, 5.74) is 0. The number of hydrogen-bond acceptors (Lipinski definition) is 3. The van der Waals surface area contributed by atoms with E-state index in [1.165, 1.54) is 0 Å². The van der Waals surface area contributed by atoms with E-state index in [4.69, 9.17) is 16.3 Å². The summed E-state index contributed by atoms with van der Waals surface area (Å²) in [7, 11) is 0. The van der Waals surface area contributed by atoms with Crippen LogP contribution in [-0.2, 0) is 4.79 Å². The van der Waals surface area contributed by atoms with Crippen molar-refractivity contribution >= 4 is 28.3 Å². The largest absolute Gasteiger partial charge is 0.425 e. The van der Waals surface area contributed by atoms with Gasteiger partial charge >= 0.3 is 5.97 Å². The molecule has 2 rings (SSSR count). The van der Waals surface area contributed by atoms with Crippen LogP contribution in [0.5, 0.6) is 5.75 Å². The summed E-state index contributed by atoms with van der Waals surface area (Å²) in [6.45, 7) is -0.206. The lowest BCUT2D eigenvalue weighted by Gasteiger charge is -2.08. The molecule has 0 aliphatic rings. The number of fused-ring (bicyclic) bond motifs is 1. The Balaban J connectivity index is 2.11. The van der Waals surface area contributed by atoms with E-state index in [1.807, 2.05) is 30.3 Å². The Kier molecular flexibility index (Phi) is 4.36. The van der Waals surface area contributed by atoms with Gasteiger partial charge in [0.05, 0.1) is 0 Å². The lowest BCUT2D eigenvalue weighted by atomic mass is 10.1. The predicted molar refractivity (Wildman–Crippen MR) is 72.6 cm³/mol. The Labute approximate surface area is 114 Å². The lowest BCUT2D eigenvalue weighted by molar-refractivity contribution is -0.133. The monoisotopic (exact) mass is 279 g/mol. The summed E-state index contributed by atoms with van der Waals surface area (Å²) in [5, 5.41) is 3.95. The van der Waals surface area contributed by atoms with E-state index in [0.717, 1.165) is 10.8 Å². The molecule has 0 saturated carbocycles. The third kappa shape index (κ3) is 3.45. The molecule has 0 aliphatic carbocycles. The van der Waals surface area contributed by atoms with Crippen LogP contribution in [0.3, 0.4) is 0 Å². The molecule has 0 bridgehead atoms. The molecule has 5 heteroatoms. The van der Waals surface area contributed by atoms with E-state index in [9.17, 15) is 9.18 Å². The molecule has 0 aliphatic heterocycles. The van der Waals surface area contributed by atoms with Crippen LogP contribution < -0.4 is 10.1 Å². The molecule has 19 heavy (non-hydrogen) atoms. The van der Waals surface area contributed by atoms with E-state index in [0.29, 0.717) is 5.75 Å². The third-order valence-electron chi connectivity index (χ3n) is 2.47. The summed E-state index contributed by atoms with van der Waals surface area (Å²) in [6, 6.07) is 13.0. The molecule has 0 saturated heterocycles. The Morgan fingerprint density at radius 3 is 2.79 bits per heavy atom. The molecule has 0 heterocycles. The van der Waals surface area contributed by atoms with Crippen molar-refractivity contribution in [2.45, 2.75) is 0 Å². The fourth-order valence-corrected chi connectivity index (χ4v) is 1.71. The van der Waals surface area contributed by atoms with E-state index in [1.54, 1.807) is 12.1 Å². The number of nitrogens with one attached hydrogen (secondary N) is 1. The first-order chi connectivity index (χ1) is 9.20. The van der Waals surface area contributed by atoms with Gasteiger partial charge in [0.2, 0.25) is 0 Å². The van der Waals surface area contributed by atoms with Crippen molar-refractivity contribution in [1.29, 1.82) is 0 Å². The lowest BCUT2D eigenvalue weighted by Crippen LogP contribution is -2.24. The Morgan fingerprint density at radius 2 is 2.00 bits per heavy atom. The van der Waals surface area contributed by atoms with Gasteiger partial charge in [0.15, 0.2) is 0 Å². The average molecular weight is 280 g/mol. The van der Waals surface area contributed by atoms with Gasteiger partial charge in [0.1, 0.15) is 23.8 Å². The van der Waals surface area contributed by atoms with Crippen molar-refractivity contribution in [1.82, 2.24) is 5.32 Å². The van der Waals surface area contributed by atoms with E-state index in [-0.39, 0.29) is 18.0 Å². The second-order valence-corrected chi connectivity index (χ2v) is 4.17. The van der Waals surface area contributed by atoms with Gasteiger partial charge in [0, 0.05) is 5.39 Å². The molecule has 2 aromatic rings. The second-order valence-electron chi connectivity index (χ2n) is 3.76. The third-order valence-corrected chi connectivity index (χ3v) is 2.69. The number of hydrogen-bond donors (Lipinski definition) is 1. The van der Waals surface area contributed by atoms with Crippen LogP contribution in [0.1, 0.15) is 0 Å². The molecule has 0 radical (unpaired) electrons. The highest BCUT2D eigenvalue weighted by atomic mass is 35.5. The van der Waals surface area contributed by atoms with E-state index < -0.39 is 5.97 Å². The maximum atomic E-state index is 12.0. The zero-order valence-corrected chi connectivity index (χ0v) is 10.7. The summed E-state index contributed by atoms with van der Waals surface area (Å²) < 4.78 is 17.2. The first-order valence-corrected chi connectivity index (χ1v) is 5.96. The van der Waals surface area contributed by atoms with Gasteiger partial charge in [-0.1, -0.05) is 48.0 Å². The van der Waals surface area contributed by atoms with Gasteiger partial charge in [-0.25, -0.2) is 9.18 Å². The maximum Gasteiger partial charge on any atom is 0.330 e. The Hall–Kier alpha value is -2.07. The molecule has 0 aromatic heterocycles. The highest BCUT2D eigenvalue weighted by Gasteiger charge is 2.08. The number of carbonyl (C=O) groups is 1. The highest BCUT2D eigenvalue weighted by molar-refractivity contribution is 6.29. The number of ether oxygens (including phenoxy) is 1. The Morgan fingerprint density at radius 1 is 1.26 bits per heavy atom. The zero-order valence-electron chi connectivity index (χ0n) is 9.90. The first kappa shape index (κ1) is 13.4. The summed E-state index contributed by atoms with van der Waals surface area (Å²) >= 11 is 5.37. The SMILES string of the molecule is O=C(CN/C(Cl)=C/F)Oc1cccc2ccccc12. The minimum absolute atomic E-state index is 0.173. The van der Waals surface area contributed by atoms with Crippen LogP contribution in [0.4, 0.5) is 4.39 Å². The number of esters is 1. The summed E-state index contributed by atoms with van der Waals surface area (Å²) in [6.07, 6.45) is 0.173. The van der Waals surface area contributed by atoms with Gasteiger partial charge in [-0.2, -0.15) is 0 Å². The minimum atomic E-state index is -0.545. The van der Waals surface area contributed by atoms with Gasteiger partial charge in [-0.3, -0.25) is 0 Å². The van der Waals surface area contributed by atoms with Crippen molar-refractivity contribution < 1.29 is 13.9 Å². The molecule has 2 aromatic carbocycles. The molecule has 0 fully saturated rings. The van der Waals surface area contributed by atoms with Crippen molar-refractivity contribution in [2.24, 2.45) is 0 Å². The van der Waals surface area contributed by atoms with Crippen molar-refractivity contribution in [3.8, 4) is 5.75 Å². The second kappa shape index (κ2) is 6.20. The zero-order chi connectivity index (χ0) is 13.7. The van der Waals surface area contributed by atoms with Crippen LogP contribution in [0.15, 0.2) is 54.0 Å². The number of benzene rings is 2. The smallest absolute Gasteiger partial charge is 0.330 e. The number of carbonyl (C=O) groups excluding carboxylic acids is 1. The van der Waals surface area contributed by atoms with Crippen molar-refractivity contribution in [3.63, 3.8) is 0 Å². The predicted octanol–water partition coefficient (Wildman–Crippen LogP) is 3.34. The van der Waals surface area contributed by atoms with Crippen LogP contribution >= 0.6 is 11.6 Å². The molecule has 98 valence electrons. The van der Waals surface area contributed by atoms with Crippen LogP contribution in [0.25, 0.3) is 10.8 Å². The van der Waals surface area contributed by atoms with Crippen LogP contribution in [0.2, 0.25) is 0 Å². The van der Waals surface area contributed by atoms with Gasteiger partial charge in [0.25, 0.3) is 0 Å². The quantitative estimate of drug-likeness (QED) is 0.530. The standard InChI is InChI=1S/C14H11ClFNO2/c15-13(8-16)17-9-14(18)19-12-7-3-5-10-4-1-2-6-11(10)12/h1-8,17H,9H2/b13-8+. The van der Waals surface area contributed by atoms with Gasteiger partial charge in [-0.05, 0) is 11.5 Å². The van der Waals surface area contributed by atoms with E-state index >= 15 is 0 Å². The van der Waals surface area contributed by atoms with Crippen molar-refractivity contribution in [2.75, 3.05) is 6.54 Å². The average Bonchev–Trinajstić information content (AvgIpc) is 2.45. The molecule has 3 nitrogen and oxygen atoms in total. The van der Waals surface area contributed by atoms with E-state index in [2.05, 4.69) is 5.32 Å². The van der Waals surface area contributed by atoms with Crippen LogP contribution in [-0.4, -0.2) is 12.5 Å². The molecular weight excluding hydrogens is 269 g/mol. The maximum absolute atomic E-state index is 12.0. The highest BCUT2D eigenvalue weighted by Crippen LogP contribution is 2.25. The fourth-order valence-electron chi connectivity index (χ4n) is 1.64. The van der Waals surface area contributed by atoms with Gasteiger partial charge in [-0.15, -0.1) is 0 Å². The van der Waals surface area contributed by atoms with Gasteiger partial charge < -0.3 is 10.1 Å². The van der Waals surface area contributed by atoms with Crippen LogP contribution in [0, 0.1) is 0 Å². The summed E-state index contributed by atoms with van der Waals surface area (Å²) in [4.78, 5) is 11.6. The molecule has 1 N–H and O–H groups in total. The fraction of sp³-hybridized carbons (Fsp3) is 0.0714. The molecule has 0 unspecified atom stereocenters. The summed E-state index contributed by atoms with van der Waals surface area (Å²) in [5.74, 6) is -0.0818. The number of rotatable bonds is 4. The molecular formula is C14H11ClFNO2. The number of halogens is 2. The normalized spacial score (nSPS) is 11.4. The topological polar surface area (TPSA) is 38.3 Å². The van der Waals surface area contributed by atoms with Crippen molar-refractivity contribution in [3.05, 3.63) is 54.0 Å². The minimum Gasteiger partial charge on any atom is -0.425 e. The first-order valence-electron chi connectivity index (χ1n) is 5.59. The Bertz CT molecular complexity index is 622. The molecule has 0 spiro atoms. The molecule has 0 atom stereocenters. The molecule has 0 amide bonds.